The molecule has 0 bridgehead atoms. The molecular weight excluding hydrogens is 455 g/mol. The first-order valence-electron chi connectivity index (χ1n) is 12.0. The van der Waals surface area contributed by atoms with Crippen molar-refractivity contribution < 1.29 is 0 Å². The maximum atomic E-state index is 4.31. The molecule has 2 aromatic carbocycles. The summed E-state index contributed by atoms with van der Waals surface area (Å²) in [6.45, 7) is 11.4. The van der Waals surface area contributed by atoms with Crippen LogP contribution in [0.25, 0.3) is 5.57 Å². The van der Waals surface area contributed by atoms with E-state index in [4.69, 9.17) is 0 Å². The fraction of sp³-hybridized carbons (Fsp3) is 0.500. The van der Waals surface area contributed by atoms with E-state index in [9.17, 15) is 0 Å². The van der Waals surface area contributed by atoms with Crippen molar-refractivity contribution in [3.8, 4) is 0 Å². The molecule has 0 heterocycles. The maximum absolute atomic E-state index is 4.31. The SMILES string of the molecule is C=C(CCc1cc[c]([Sn]([CH2]CCC)([CH2]CCC)[CH2]CCC)cc1)c1ccccc1. The molecule has 29 heavy (non-hydrogen) atoms. The van der Waals surface area contributed by atoms with Crippen LogP contribution in [0.2, 0.25) is 13.3 Å². The third-order valence-corrected chi connectivity index (χ3v) is 22.2. The number of hydrogen-bond donors (Lipinski definition) is 0. The zero-order chi connectivity index (χ0) is 21.0. The Morgan fingerprint density at radius 2 is 1.24 bits per heavy atom. The summed E-state index contributed by atoms with van der Waals surface area (Å²) in [4.78, 5) is 0. The van der Waals surface area contributed by atoms with Crippen molar-refractivity contribution in [3.05, 3.63) is 72.3 Å². The van der Waals surface area contributed by atoms with Gasteiger partial charge in [0.2, 0.25) is 0 Å². The summed E-state index contributed by atoms with van der Waals surface area (Å²) < 4.78 is 6.44. The van der Waals surface area contributed by atoms with Gasteiger partial charge in [0, 0.05) is 0 Å². The molecule has 0 amide bonds. The quantitative estimate of drug-likeness (QED) is 0.230. The predicted octanol–water partition coefficient (Wildman–Crippen LogP) is 8.39. The van der Waals surface area contributed by atoms with Crippen molar-refractivity contribution in [3.63, 3.8) is 0 Å². The van der Waals surface area contributed by atoms with Gasteiger partial charge in [0.05, 0.1) is 0 Å². The molecule has 0 aromatic heterocycles. The van der Waals surface area contributed by atoms with E-state index >= 15 is 0 Å². The standard InChI is InChI=1S/C16H15.3C4H9.Sn/c1-14(16-10-6-3-7-11-16)12-13-15-8-4-2-5-9-15;3*1-3-4-2;/h3-11H,1,12-13H2;3*1,3-4H2,2H3;. The van der Waals surface area contributed by atoms with Crippen LogP contribution in [0.4, 0.5) is 0 Å². The van der Waals surface area contributed by atoms with E-state index in [2.05, 4.69) is 81.9 Å². The molecule has 0 radical (unpaired) electrons. The number of benzene rings is 2. The van der Waals surface area contributed by atoms with Crippen molar-refractivity contribution in [1.29, 1.82) is 0 Å². The molecule has 0 fully saturated rings. The van der Waals surface area contributed by atoms with Gasteiger partial charge in [-0.2, -0.15) is 0 Å². The first-order chi connectivity index (χ1) is 14.1. The van der Waals surface area contributed by atoms with Gasteiger partial charge in [-0.1, -0.05) is 0 Å². The molecule has 1 heteroatoms. The molecule has 0 atom stereocenters. The Morgan fingerprint density at radius 3 is 1.72 bits per heavy atom. The predicted molar refractivity (Wildman–Crippen MR) is 135 cm³/mol. The van der Waals surface area contributed by atoms with Crippen LogP contribution in [-0.4, -0.2) is 18.4 Å². The minimum atomic E-state index is -2.27. The molecule has 158 valence electrons. The Hall–Kier alpha value is -1.02. The number of unbranched alkanes of at least 4 members (excludes halogenated alkanes) is 3. The van der Waals surface area contributed by atoms with Gasteiger partial charge in [0.1, 0.15) is 0 Å². The minimum absolute atomic E-state index is 1.04. The van der Waals surface area contributed by atoms with Crippen LogP contribution in [0.5, 0.6) is 0 Å². The van der Waals surface area contributed by atoms with E-state index in [1.807, 2.05) is 0 Å². The van der Waals surface area contributed by atoms with E-state index in [0.717, 1.165) is 12.8 Å². The van der Waals surface area contributed by atoms with Gasteiger partial charge >= 0.3 is 185 Å². The summed E-state index contributed by atoms with van der Waals surface area (Å²) in [5.41, 5.74) is 3.99. The summed E-state index contributed by atoms with van der Waals surface area (Å²) in [5, 5.41) is 0. The van der Waals surface area contributed by atoms with Gasteiger partial charge in [-0.25, -0.2) is 0 Å². The second kappa shape index (κ2) is 13.3. The number of hydrogen-bond acceptors (Lipinski definition) is 0. The van der Waals surface area contributed by atoms with Gasteiger partial charge in [0.25, 0.3) is 0 Å². The average Bonchev–Trinajstić information content (AvgIpc) is 2.78. The average molecular weight is 497 g/mol. The van der Waals surface area contributed by atoms with Crippen LogP contribution >= 0.6 is 0 Å². The van der Waals surface area contributed by atoms with Gasteiger partial charge in [-0.3, -0.25) is 0 Å². The van der Waals surface area contributed by atoms with Crippen LogP contribution in [0.1, 0.15) is 76.8 Å². The number of aryl methyl sites for hydroxylation is 1. The molecule has 0 N–H and O–H groups in total. The molecular formula is C28H42Sn. The fourth-order valence-corrected chi connectivity index (χ4v) is 20.4. The third kappa shape index (κ3) is 7.63. The zero-order valence-corrected chi connectivity index (χ0v) is 22.0. The third-order valence-electron chi connectivity index (χ3n) is 6.49. The first kappa shape index (κ1) is 24.3. The van der Waals surface area contributed by atoms with Gasteiger partial charge in [0.15, 0.2) is 0 Å². The van der Waals surface area contributed by atoms with Crippen LogP contribution in [0.3, 0.4) is 0 Å². The van der Waals surface area contributed by atoms with Gasteiger partial charge < -0.3 is 0 Å². The molecule has 0 aliphatic rings. The Bertz CT molecular complexity index is 677. The molecule has 2 rings (SSSR count). The Balaban J connectivity index is 2.10. The van der Waals surface area contributed by atoms with E-state index in [0.29, 0.717) is 0 Å². The fourth-order valence-electron chi connectivity index (χ4n) is 4.49. The molecule has 2 aromatic rings. The summed E-state index contributed by atoms with van der Waals surface area (Å²) in [6, 6.07) is 20.6. The van der Waals surface area contributed by atoms with Crippen molar-refractivity contribution in [2.75, 3.05) is 0 Å². The normalized spacial score (nSPS) is 11.6. The summed E-state index contributed by atoms with van der Waals surface area (Å²) in [7, 11) is 0. The summed E-state index contributed by atoms with van der Waals surface area (Å²) in [6.07, 6.45) is 10.5. The molecule has 0 spiro atoms. The number of rotatable bonds is 14. The second-order valence-corrected chi connectivity index (χ2v) is 22.0. The Morgan fingerprint density at radius 1 is 0.724 bits per heavy atom. The molecule has 0 nitrogen and oxygen atoms in total. The van der Waals surface area contributed by atoms with Gasteiger partial charge in [-0.05, 0) is 0 Å². The molecule has 0 aliphatic heterocycles. The monoisotopic (exact) mass is 498 g/mol. The van der Waals surface area contributed by atoms with Crippen LogP contribution in [-0.2, 0) is 6.42 Å². The first-order valence-corrected chi connectivity index (χ1v) is 19.5. The van der Waals surface area contributed by atoms with Crippen molar-refractivity contribution in [1.82, 2.24) is 0 Å². The van der Waals surface area contributed by atoms with Crippen LogP contribution in [0.15, 0.2) is 61.2 Å². The van der Waals surface area contributed by atoms with Crippen LogP contribution in [0, 0.1) is 0 Å². The molecule has 0 unspecified atom stereocenters. The second-order valence-electron chi connectivity index (χ2n) is 8.76. The van der Waals surface area contributed by atoms with Gasteiger partial charge in [-0.15, -0.1) is 0 Å². The van der Waals surface area contributed by atoms with E-state index < -0.39 is 18.4 Å². The van der Waals surface area contributed by atoms with E-state index in [1.54, 1.807) is 16.9 Å². The molecule has 0 aliphatic carbocycles. The topological polar surface area (TPSA) is 0 Å². The van der Waals surface area contributed by atoms with Crippen molar-refractivity contribution in [2.45, 2.75) is 85.4 Å². The van der Waals surface area contributed by atoms with Crippen LogP contribution < -0.4 is 3.58 Å². The summed E-state index contributed by atoms with van der Waals surface area (Å²) in [5.74, 6) is 0. The Labute approximate surface area is 184 Å². The summed E-state index contributed by atoms with van der Waals surface area (Å²) >= 11 is -2.27. The zero-order valence-electron chi connectivity index (χ0n) is 19.2. The Kier molecular flexibility index (Phi) is 11.1. The molecule has 0 saturated carbocycles. The molecule has 0 saturated heterocycles. The van der Waals surface area contributed by atoms with Crippen molar-refractivity contribution >= 4 is 27.5 Å². The van der Waals surface area contributed by atoms with E-state index in [1.165, 1.54) is 55.2 Å². The number of allylic oxidation sites excluding steroid dienone is 1. The van der Waals surface area contributed by atoms with E-state index in [-0.39, 0.29) is 0 Å². The van der Waals surface area contributed by atoms with Crippen molar-refractivity contribution in [2.24, 2.45) is 0 Å².